The first kappa shape index (κ1) is 14.4. The Morgan fingerprint density at radius 2 is 2.00 bits per heavy atom. The molecule has 0 aliphatic heterocycles. The van der Waals surface area contributed by atoms with E-state index in [4.69, 9.17) is 5.73 Å². The van der Waals surface area contributed by atoms with Gasteiger partial charge < -0.3 is 11.1 Å². The first-order valence-electron chi connectivity index (χ1n) is 7.07. The lowest BCUT2D eigenvalue weighted by atomic mass is 9.86. The van der Waals surface area contributed by atoms with E-state index in [0.717, 1.165) is 13.0 Å². The second-order valence-corrected chi connectivity index (χ2v) is 5.17. The van der Waals surface area contributed by atoms with Crippen LogP contribution in [0.1, 0.15) is 31.7 Å². The van der Waals surface area contributed by atoms with Crippen LogP contribution in [0.5, 0.6) is 0 Å². The van der Waals surface area contributed by atoms with Gasteiger partial charge in [0.1, 0.15) is 0 Å². The number of anilines is 2. The number of aryl methyl sites for hydroxylation is 1. The minimum atomic E-state index is 0.427. The molecule has 1 heterocycles. The van der Waals surface area contributed by atoms with E-state index in [1.165, 1.54) is 5.56 Å². The molecule has 1 aromatic carbocycles. The summed E-state index contributed by atoms with van der Waals surface area (Å²) in [4.78, 5) is 4.17. The van der Waals surface area contributed by atoms with Gasteiger partial charge in [-0.15, -0.1) is 5.10 Å². The van der Waals surface area contributed by atoms with Gasteiger partial charge in [-0.25, -0.2) is 4.68 Å². The van der Waals surface area contributed by atoms with Crippen LogP contribution in [0.3, 0.4) is 0 Å². The van der Waals surface area contributed by atoms with Crippen LogP contribution >= 0.6 is 0 Å². The topological polar surface area (TPSA) is 68.8 Å². The van der Waals surface area contributed by atoms with Crippen LogP contribution in [0.15, 0.2) is 30.3 Å². The lowest BCUT2D eigenvalue weighted by Gasteiger charge is -2.23. The number of aromatic nitrogens is 3. The zero-order valence-corrected chi connectivity index (χ0v) is 12.4. The zero-order valence-electron chi connectivity index (χ0n) is 12.4. The summed E-state index contributed by atoms with van der Waals surface area (Å²) in [5, 5.41) is 7.50. The Labute approximate surface area is 120 Å². The third kappa shape index (κ3) is 3.29. The van der Waals surface area contributed by atoms with Crippen molar-refractivity contribution in [2.75, 3.05) is 17.6 Å². The Morgan fingerprint density at radius 1 is 1.30 bits per heavy atom. The van der Waals surface area contributed by atoms with Crippen LogP contribution in [0.2, 0.25) is 0 Å². The number of rotatable bonds is 6. The molecule has 108 valence electrons. The van der Waals surface area contributed by atoms with E-state index in [1.807, 2.05) is 0 Å². The number of benzene rings is 1. The molecule has 1 aromatic heterocycles. The number of nitrogen functional groups attached to an aromatic ring is 1. The van der Waals surface area contributed by atoms with E-state index in [9.17, 15) is 0 Å². The number of nitrogens with zero attached hydrogens (tertiary/aromatic N) is 3. The van der Waals surface area contributed by atoms with Gasteiger partial charge in [-0.3, -0.25) is 0 Å². The van der Waals surface area contributed by atoms with Gasteiger partial charge in [0.15, 0.2) is 0 Å². The summed E-state index contributed by atoms with van der Waals surface area (Å²) in [6.45, 7) is 5.33. The average Bonchev–Trinajstić information content (AvgIpc) is 2.79. The lowest BCUT2D eigenvalue weighted by Crippen LogP contribution is -2.20. The fourth-order valence-corrected chi connectivity index (χ4v) is 2.40. The third-order valence-electron chi connectivity index (χ3n) is 3.88. The van der Waals surface area contributed by atoms with Crippen LogP contribution < -0.4 is 11.1 Å². The smallest absolute Gasteiger partial charge is 0.243 e. The first-order valence-corrected chi connectivity index (χ1v) is 7.07. The third-order valence-corrected chi connectivity index (χ3v) is 3.88. The maximum Gasteiger partial charge on any atom is 0.243 e. The van der Waals surface area contributed by atoms with E-state index in [2.05, 4.69) is 59.6 Å². The highest BCUT2D eigenvalue weighted by molar-refractivity contribution is 5.31. The standard InChI is InChI=1S/C15H23N5/c1-4-12(11(2)13-8-6-5-7-9-13)10-17-15-18-14(16)20(3)19-15/h5-9,11-12H,4,10H2,1-3H3,(H3,16,17,18,19). The SMILES string of the molecule is CCC(CNc1nc(N)n(C)n1)C(C)c1ccccc1. The van der Waals surface area contributed by atoms with Gasteiger partial charge in [-0.2, -0.15) is 4.98 Å². The van der Waals surface area contributed by atoms with Crippen molar-refractivity contribution >= 4 is 11.9 Å². The Kier molecular flexibility index (Phi) is 4.61. The molecule has 0 aliphatic carbocycles. The van der Waals surface area contributed by atoms with Gasteiger partial charge in [0, 0.05) is 13.6 Å². The van der Waals surface area contributed by atoms with Gasteiger partial charge in [0.25, 0.3) is 0 Å². The molecule has 0 fully saturated rings. The van der Waals surface area contributed by atoms with Crippen molar-refractivity contribution in [1.82, 2.24) is 14.8 Å². The number of hydrogen-bond donors (Lipinski definition) is 2. The molecule has 0 spiro atoms. The molecule has 2 atom stereocenters. The Morgan fingerprint density at radius 3 is 2.55 bits per heavy atom. The molecule has 0 radical (unpaired) electrons. The van der Waals surface area contributed by atoms with E-state index >= 15 is 0 Å². The molecule has 2 unspecified atom stereocenters. The minimum absolute atomic E-state index is 0.427. The molecule has 5 heteroatoms. The second-order valence-electron chi connectivity index (χ2n) is 5.17. The normalized spacial score (nSPS) is 13.9. The Bertz CT molecular complexity index is 515. The molecule has 0 saturated heterocycles. The van der Waals surface area contributed by atoms with E-state index in [1.54, 1.807) is 11.7 Å². The lowest BCUT2D eigenvalue weighted by molar-refractivity contribution is 0.453. The van der Waals surface area contributed by atoms with Crippen molar-refractivity contribution in [3.05, 3.63) is 35.9 Å². The fraction of sp³-hybridized carbons (Fsp3) is 0.467. The minimum Gasteiger partial charge on any atom is -0.368 e. The quantitative estimate of drug-likeness (QED) is 0.849. The molecule has 20 heavy (non-hydrogen) atoms. The van der Waals surface area contributed by atoms with Gasteiger partial charge in [0.05, 0.1) is 0 Å². The highest BCUT2D eigenvalue weighted by Gasteiger charge is 2.17. The zero-order chi connectivity index (χ0) is 14.5. The number of hydrogen-bond acceptors (Lipinski definition) is 4. The van der Waals surface area contributed by atoms with E-state index in [-0.39, 0.29) is 0 Å². The van der Waals surface area contributed by atoms with Gasteiger partial charge >= 0.3 is 0 Å². The van der Waals surface area contributed by atoms with Crippen molar-refractivity contribution in [1.29, 1.82) is 0 Å². The van der Waals surface area contributed by atoms with Crippen LogP contribution in [0.25, 0.3) is 0 Å². The van der Waals surface area contributed by atoms with Gasteiger partial charge in [0.2, 0.25) is 11.9 Å². The van der Waals surface area contributed by atoms with Crippen molar-refractivity contribution < 1.29 is 0 Å². The molecule has 0 aliphatic rings. The molecular formula is C15H23N5. The molecule has 0 bridgehead atoms. The summed E-state index contributed by atoms with van der Waals surface area (Å²) in [6.07, 6.45) is 1.10. The molecule has 2 aromatic rings. The average molecular weight is 273 g/mol. The molecule has 0 saturated carbocycles. The summed E-state index contributed by atoms with van der Waals surface area (Å²) in [5.74, 6) is 2.05. The van der Waals surface area contributed by atoms with Crippen LogP contribution in [-0.2, 0) is 7.05 Å². The van der Waals surface area contributed by atoms with Crippen molar-refractivity contribution in [2.24, 2.45) is 13.0 Å². The van der Waals surface area contributed by atoms with E-state index in [0.29, 0.717) is 23.7 Å². The summed E-state index contributed by atoms with van der Waals surface area (Å²) in [6, 6.07) is 10.6. The molecular weight excluding hydrogens is 250 g/mol. The Balaban J connectivity index is 1.98. The number of nitrogens with two attached hydrogens (primary N) is 1. The largest absolute Gasteiger partial charge is 0.368 e. The summed E-state index contributed by atoms with van der Waals surface area (Å²) >= 11 is 0. The van der Waals surface area contributed by atoms with Crippen LogP contribution in [0.4, 0.5) is 11.9 Å². The summed E-state index contributed by atoms with van der Waals surface area (Å²) in [5.41, 5.74) is 7.05. The van der Waals surface area contributed by atoms with E-state index < -0.39 is 0 Å². The first-order chi connectivity index (χ1) is 9.61. The van der Waals surface area contributed by atoms with Crippen molar-refractivity contribution in [2.45, 2.75) is 26.2 Å². The van der Waals surface area contributed by atoms with Gasteiger partial charge in [-0.1, -0.05) is 50.6 Å². The summed E-state index contributed by atoms with van der Waals surface area (Å²) in [7, 11) is 1.79. The Hall–Kier alpha value is -2.04. The highest BCUT2D eigenvalue weighted by atomic mass is 15.4. The predicted octanol–water partition coefficient (Wildman–Crippen LogP) is 2.64. The molecule has 0 amide bonds. The predicted molar refractivity (Wildman–Crippen MR) is 82.5 cm³/mol. The maximum atomic E-state index is 5.68. The molecule has 3 N–H and O–H groups in total. The van der Waals surface area contributed by atoms with Gasteiger partial charge in [-0.05, 0) is 17.4 Å². The van der Waals surface area contributed by atoms with Crippen LogP contribution in [-0.4, -0.2) is 21.3 Å². The number of nitrogens with one attached hydrogen (secondary N) is 1. The fourth-order valence-electron chi connectivity index (χ4n) is 2.40. The molecule has 2 rings (SSSR count). The second kappa shape index (κ2) is 6.41. The van der Waals surface area contributed by atoms with Crippen LogP contribution in [0, 0.1) is 5.92 Å². The highest BCUT2D eigenvalue weighted by Crippen LogP contribution is 2.26. The molecule has 5 nitrogen and oxygen atoms in total. The monoisotopic (exact) mass is 273 g/mol. The van der Waals surface area contributed by atoms with Crippen molar-refractivity contribution in [3.8, 4) is 0 Å². The summed E-state index contributed by atoms with van der Waals surface area (Å²) < 4.78 is 1.57. The maximum absolute atomic E-state index is 5.68. The van der Waals surface area contributed by atoms with Crippen molar-refractivity contribution in [3.63, 3.8) is 0 Å².